The molecule has 0 bridgehead atoms. The predicted molar refractivity (Wildman–Crippen MR) is 70.7 cm³/mol. The van der Waals surface area contributed by atoms with E-state index in [0.29, 0.717) is 11.6 Å². The highest BCUT2D eigenvalue weighted by Crippen LogP contribution is 2.23. The van der Waals surface area contributed by atoms with E-state index in [4.69, 9.17) is 10.5 Å². The minimum Gasteiger partial charge on any atom is -0.690 e. The van der Waals surface area contributed by atoms with Crippen molar-refractivity contribution in [3.05, 3.63) is 28.2 Å². The lowest BCUT2D eigenvalue weighted by Gasteiger charge is -2.00. The molecule has 21 heavy (non-hydrogen) atoms. The number of imidazole rings is 2. The maximum Gasteiger partial charge on any atom is 0.384 e. The molecule has 0 unspecified atom stereocenters. The minimum absolute atomic E-state index is 0.000282. The monoisotopic (exact) mass is 284 g/mol. The van der Waals surface area contributed by atoms with Gasteiger partial charge >= 0.3 is 5.82 Å². The van der Waals surface area contributed by atoms with Crippen molar-refractivity contribution >= 4 is 11.6 Å². The zero-order valence-corrected chi connectivity index (χ0v) is 12.0. The molecule has 9 nitrogen and oxygen atoms in total. The van der Waals surface area contributed by atoms with E-state index < -0.39 is 0 Å². The van der Waals surface area contributed by atoms with Crippen molar-refractivity contribution < 1.29 is 4.86 Å². The molecule has 0 aliphatic rings. The second-order valence-electron chi connectivity index (χ2n) is 4.38. The molecule has 0 aliphatic heterocycles. The number of nitrogens with zero attached hydrogens (tertiary/aromatic N) is 8. The maximum atomic E-state index is 12.1. The van der Waals surface area contributed by atoms with E-state index in [9.17, 15) is 5.21 Å². The van der Waals surface area contributed by atoms with E-state index in [2.05, 4.69) is 15.1 Å². The zero-order valence-electron chi connectivity index (χ0n) is 12.0. The molecule has 2 rings (SSSR count). The van der Waals surface area contributed by atoms with Crippen LogP contribution in [0.2, 0.25) is 0 Å². The topological polar surface area (TPSA) is 122 Å². The lowest BCUT2D eigenvalue weighted by molar-refractivity contribution is -0.440. The lowest BCUT2D eigenvalue weighted by Crippen LogP contribution is -1.97. The molecule has 0 N–H and O–H groups in total. The van der Waals surface area contributed by atoms with Crippen LogP contribution in [0.25, 0.3) is 0 Å². The Morgan fingerprint density at radius 1 is 1.05 bits per heavy atom. The van der Waals surface area contributed by atoms with E-state index >= 15 is 0 Å². The third kappa shape index (κ3) is 2.21. The van der Waals surface area contributed by atoms with Crippen molar-refractivity contribution in [2.45, 2.75) is 13.8 Å². The molecule has 0 atom stereocenters. The standard InChI is InChI=1S/C12H12N8O/c1-7-15-11(9(5-13)18(7)3)17-20(21)12-10(6-14)19(4)8(2)16-12/h1-4H3/b20-17-. The van der Waals surface area contributed by atoms with Crippen LogP contribution in [-0.2, 0) is 14.1 Å². The molecule has 2 heterocycles. The minimum atomic E-state index is -0.121. The van der Waals surface area contributed by atoms with Gasteiger partial charge in [-0.15, -0.1) is 4.86 Å². The third-order valence-corrected chi connectivity index (χ3v) is 3.18. The van der Waals surface area contributed by atoms with Crippen LogP contribution in [0.15, 0.2) is 5.11 Å². The highest BCUT2D eigenvalue weighted by atomic mass is 16.5. The Kier molecular flexibility index (Phi) is 3.42. The first-order valence-electron chi connectivity index (χ1n) is 5.96. The van der Waals surface area contributed by atoms with E-state index in [1.807, 2.05) is 12.1 Å². The van der Waals surface area contributed by atoms with Crippen LogP contribution in [0.3, 0.4) is 0 Å². The van der Waals surface area contributed by atoms with Gasteiger partial charge in [0, 0.05) is 21.0 Å². The molecule has 0 saturated heterocycles. The smallest absolute Gasteiger partial charge is 0.384 e. The Bertz CT molecular complexity index is 827. The number of azo groups is 1. The fourth-order valence-electron chi connectivity index (χ4n) is 1.77. The summed E-state index contributed by atoms with van der Waals surface area (Å²) in [7, 11) is 3.28. The highest BCUT2D eigenvalue weighted by Gasteiger charge is 2.23. The Hall–Kier alpha value is -3.20. The van der Waals surface area contributed by atoms with Crippen molar-refractivity contribution in [1.82, 2.24) is 19.1 Å². The molecule has 0 aromatic carbocycles. The van der Waals surface area contributed by atoms with Gasteiger partial charge in [-0.05, 0) is 11.9 Å². The fourth-order valence-corrected chi connectivity index (χ4v) is 1.77. The number of hydrogen-bond acceptors (Lipinski definition) is 6. The second kappa shape index (κ2) is 5.06. The van der Waals surface area contributed by atoms with Gasteiger partial charge in [0.15, 0.2) is 5.69 Å². The van der Waals surface area contributed by atoms with Gasteiger partial charge in [-0.3, -0.25) is 4.57 Å². The van der Waals surface area contributed by atoms with Crippen molar-refractivity contribution in [3.8, 4) is 12.1 Å². The van der Waals surface area contributed by atoms with Gasteiger partial charge in [-0.2, -0.15) is 10.5 Å². The summed E-state index contributed by atoms with van der Waals surface area (Å²) in [5.41, 5.74) is 0.261. The summed E-state index contributed by atoms with van der Waals surface area (Å²) in [5, 5.41) is 34.0. The van der Waals surface area contributed by atoms with Gasteiger partial charge in [0.1, 0.15) is 18.0 Å². The highest BCUT2D eigenvalue weighted by molar-refractivity contribution is 5.44. The Morgan fingerprint density at radius 3 is 2.14 bits per heavy atom. The molecule has 2 aromatic heterocycles. The Labute approximate surface area is 120 Å². The van der Waals surface area contributed by atoms with Gasteiger partial charge in [0.05, 0.1) is 0 Å². The Morgan fingerprint density at radius 2 is 1.57 bits per heavy atom. The van der Waals surface area contributed by atoms with Crippen LogP contribution >= 0.6 is 0 Å². The summed E-state index contributed by atoms with van der Waals surface area (Å²) in [6.07, 6.45) is 0. The molecule has 0 saturated carbocycles. The molecule has 2 aromatic rings. The van der Waals surface area contributed by atoms with Gasteiger partial charge < -0.3 is 9.77 Å². The molecule has 9 heteroatoms. The SMILES string of the molecule is Cc1nc(/N=[N+](\[O-])c2nc(C)n(C)c2C#N)c(C#N)n1C. The molecular weight excluding hydrogens is 272 g/mol. The van der Waals surface area contributed by atoms with Crippen LogP contribution in [0.5, 0.6) is 0 Å². The molecule has 0 radical (unpaired) electrons. The lowest BCUT2D eigenvalue weighted by atomic mass is 10.4. The summed E-state index contributed by atoms with van der Waals surface area (Å²) < 4.78 is 3.02. The third-order valence-electron chi connectivity index (χ3n) is 3.18. The number of rotatable bonds is 2. The fraction of sp³-hybridized carbons (Fsp3) is 0.333. The Balaban J connectivity index is 2.58. The quantitative estimate of drug-likeness (QED) is 0.469. The number of nitriles is 2. The first-order chi connectivity index (χ1) is 9.90. The van der Waals surface area contributed by atoms with Gasteiger partial charge in [-0.25, -0.2) is 4.98 Å². The average molecular weight is 284 g/mol. The molecule has 0 fully saturated rings. The van der Waals surface area contributed by atoms with Crippen LogP contribution < -0.4 is 0 Å². The molecule has 0 spiro atoms. The van der Waals surface area contributed by atoms with Crippen LogP contribution in [0, 0.1) is 41.7 Å². The van der Waals surface area contributed by atoms with Crippen LogP contribution in [0.1, 0.15) is 23.0 Å². The van der Waals surface area contributed by atoms with Gasteiger partial charge in [0.2, 0.25) is 17.3 Å². The van der Waals surface area contributed by atoms with Crippen molar-refractivity contribution in [1.29, 1.82) is 10.5 Å². The van der Waals surface area contributed by atoms with E-state index in [1.165, 1.54) is 9.13 Å². The normalized spacial score (nSPS) is 11.2. The largest absolute Gasteiger partial charge is 0.690 e. The average Bonchev–Trinajstić information content (AvgIpc) is 2.88. The first-order valence-corrected chi connectivity index (χ1v) is 5.96. The predicted octanol–water partition coefficient (Wildman–Crippen LogP) is 1.44. The summed E-state index contributed by atoms with van der Waals surface area (Å²) in [4.78, 5) is 8.27. The molecular formula is C12H12N8O. The van der Waals surface area contributed by atoms with Crippen LogP contribution in [0.4, 0.5) is 11.6 Å². The summed E-state index contributed by atoms with van der Waals surface area (Å²) in [6.45, 7) is 3.37. The first kappa shape index (κ1) is 14.2. The van der Waals surface area contributed by atoms with Crippen molar-refractivity contribution in [2.75, 3.05) is 0 Å². The number of hydrogen-bond donors (Lipinski definition) is 0. The maximum absolute atomic E-state index is 12.1. The van der Waals surface area contributed by atoms with Crippen molar-refractivity contribution in [2.24, 2.45) is 19.2 Å². The van der Waals surface area contributed by atoms with Gasteiger partial charge in [0.25, 0.3) is 0 Å². The van der Waals surface area contributed by atoms with E-state index in [0.717, 1.165) is 0 Å². The molecule has 0 aliphatic carbocycles. The second-order valence-corrected chi connectivity index (χ2v) is 4.38. The molecule has 106 valence electrons. The zero-order chi connectivity index (χ0) is 15.7. The summed E-state index contributed by atoms with van der Waals surface area (Å²) >= 11 is 0. The van der Waals surface area contributed by atoms with Crippen molar-refractivity contribution in [3.63, 3.8) is 0 Å². The summed E-state index contributed by atoms with van der Waals surface area (Å²) in [5.74, 6) is 0.941. The number of aromatic nitrogens is 4. The van der Waals surface area contributed by atoms with Gasteiger partial charge in [-0.1, -0.05) is 5.11 Å². The van der Waals surface area contributed by atoms with E-state index in [1.54, 1.807) is 27.9 Å². The molecule has 0 amide bonds. The summed E-state index contributed by atoms with van der Waals surface area (Å²) in [6, 6.07) is 3.84. The number of aryl methyl sites for hydroxylation is 2. The van der Waals surface area contributed by atoms with Crippen LogP contribution in [-0.4, -0.2) is 24.0 Å². The van der Waals surface area contributed by atoms with E-state index in [-0.39, 0.29) is 27.9 Å².